The largest absolute Gasteiger partial charge is 0.0952 e. The molecule has 1 aromatic rings. The van der Waals surface area contributed by atoms with Gasteiger partial charge in [-0.2, -0.15) is 0 Å². The Kier molecular flexibility index (Phi) is 6.62. The summed E-state index contributed by atoms with van der Waals surface area (Å²) in [5.41, 5.74) is 9.60. The second kappa shape index (κ2) is 7.81. The van der Waals surface area contributed by atoms with E-state index in [9.17, 15) is 0 Å². The molecule has 0 N–H and O–H groups in total. The van der Waals surface area contributed by atoms with Crippen LogP contribution in [-0.4, -0.2) is 0 Å². The van der Waals surface area contributed by atoms with E-state index >= 15 is 0 Å². The molecule has 0 heterocycles. The van der Waals surface area contributed by atoms with E-state index in [1.54, 1.807) is 0 Å². The molecule has 0 aliphatic carbocycles. The molecule has 0 fully saturated rings. The van der Waals surface area contributed by atoms with Crippen molar-refractivity contribution < 1.29 is 0 Å². The fraction of sp³-hybridized carbons (Fsp3) is 0.478. The molecule has 0 nitrogen and oxygen atoms in total. The normalized spacial score (nSPS) is 13.4. The molecule has 1 aromatic carbocycles. The maximum Gasteiger partial charge on any atom is -0.0173 e. The fourth-order valence-electron chi connectivity index (χ4n) is 2.66. The van der Waals surface area contributed by atoms with Crippen LogP contribution < -0.4 is 0 Å². The van der Waals surface area contributed by atoms with Crippen LogP contribution in [0.15, 0.2) is 36.4 Å². The van der Waals surface area contributed by atoms with E-state index in [4.69, 9.17) is 0 Å². The van der Waals surface area contributed by atoms with Gasteiger partial charge in [0.2, 0.25) is 0 Å². The lowest BCUT2D eigenvalue weighted by atomic mass is 9.86. The van der Waals surface area contributed by atoms with Gasteiger partial charge in [-0.05, 0) is 72.9 Å². The summed E-state index contributed by atoms with van der Waals surface area (Å²) in [4.78, 5) is 0. The third-order valence-electron chi connectivity index (χ3n) is 4.91. The Balaban J connectivity index is 3.20. The van der Waals surface area contributed by atoms with Crippen LogP contribution in [0.4, 0.5) is 0 Å². The molecular weight excluding hydrogens is 276 g/mol. The molecule has 0 bridgehead atoms. The average Bonchev–Trinajstić information content (AvgIpc) is 2.46. The van der Waals surface area contributed by atoms with Gasteiger partial charge >= 0.3 is 0 Å². The highest BCUT2D eigenvalue weighted by Gasteiger charge is 2.12. The van der Waals surface area contributed by atoms with Crippen LogP contribution in [-0.2, 0) is 0 Å². The lowest BCUT2D eigenvalue weighted by molar-refractivity contribution is 0.504. The minimum Gasteiger partial charge on any atom is -0.0952 e. The molecule has 0 radical (unpaired) electrons. The standard InChI is InChI=1S/C23H34/c1-10-11-16(2)21-14-15-22(20(6)19(21)5)17(3)12-13-18(4)23(7,8)9/h12-15H,2,10-11H2,1,3-9H3/b17-12+,18-13+. The summed E-state index contributed by atoms with van der Waals surface area (Å²) < 4.78 is 0. The monoisotopic (exact) mass is 310 g/mol. The highest BCUT2D eigenvalue weighted by atomic mass is 14.2. The molecule has 0 aromatic heterocycles. The molecule has 0 saturated carbocycles. The van der Waals surface area contributed by atoms with Gasteiger partial charge in [-0.25, -0.2) is 0 Å². The minimum atomic E-state index is 0.226. The summed E-state index contributed by atoms with van der Waals surface area (Å²) in [5.74, 6) is 0. The van der Waals surface area contributed by atoms with Crippen molar-refractivity contribution in [3.05, 3.63) is 58.7 Å². The molecule has 0 aliphatic heterocycles. The number of rotatable bonds is 5. The van der Waals surface area contributed by atoms with Crippen LogP contribution in [0.1, 0.15) is 76.6 Å². The number of allylic oxidation sites excluding steroid dienone is 5. The summed E-state index contributed by atoms with van der Waals surface area (Å²) in [6, 6.07) is 4.50. The van der Waals surface area contributed by atoms with Gasteiger partial charge in [-0.15, -0.1) is 0 Å². The summed E-state index contributed by atoms with van der Waals surface area (Å²) in [7, 11) is 0. The first-order valence-corrected chi connectivity index (χ1v) is 8.74. The van der Waals surface area contributed by atoms with Crippen molar-refractivity contribution in [3.8, 4) is 0 Å². The number of hydrogen-bond donors (Lipinski definition) is 0. The Morgan fingerprint density at radius 2 is 1.52 bits per heavy atom. The number of benzene rings is 1. The van der Waals surface area contributed by atoms with Crippen molar-refractivity contribution in [2.45, 2.75) is 68.2 Å². The lowest BCUT2D eigenvalue weighted by Gasteiger charge is -2.19. The fourth-order valence-corrected chi connectivity index (χ4v) is 2.66. The Hall–Kier alpha value is -1.56. The molecule has 126 valence electrons. The van der Waals surface area contributed by atoms with E-state index in [2.05, 4.69) is 86.3 Å². The van der Waals surface area contributed by atoms with E-state index in [0.717, 1.165) is 12.8 Å². The zero-order valence-corrected chi connectivity index (χ0v) is 16.4. The molecule has 0 amide bonds. The van der Waals surface area contributed by atoms with Gasteiger partial charge in [0.15, 0.2) is 0 Å². The van der Waals surface area contributed by atoms with Crippen LogP contribution in [0.3, 0.4) is 0 Å². The second-order valence-corrected chi connectivity index (χ2v) is 7.71. The first-order chi connectivity index (χ1) is 10.6. The van der Waals surface area contributed by atoms with Crippen LogP contribution in [0, 0.1) is 19.3 Å². The van der Waals surface area contributed by atoms with Crippen molar-refractivity contribution in [3.63, 3.8) is 0 Å². The molecule has 0 unspecified atom stereocenters. The summed E-state index contributed by atoms with van der Waals surface area (Å²) in [6.07, 6.45) is 6.73. The molecular formula is C23H34. The second-order valence-electron chi connectivity index (χ2n) is 7.71. The molecule has 0 spiro atoms. The highest BCUT2D eigenvalue weighted by Crippen LogP contribution is 2.30. The Morgan fingerprint density at radius 3 is 2.04 bits per heavy atom. The molecule has 0 aliphatic rings. The Bertz CT molecular complexity index is 631. The molecule has 0 heteroatoms. The van der Waals surface area contributed by atoms with E-state index in [-0.39, 0.29) is 5.41 Å². The van der Waals surface area contributed by atoms with Gasteiger partial charge in [0.25, 0.3) is 0 Å². The maximum atomic E-state index is 4.25. The van der Waals surface area contributed by atoms with Crippen molar-refractivity contribution in [2.75, 3.05) is 0 Å². The lowest BCUT2D eigenvalue weighted by Crippen LogP contribution is -2.05. The van der Waals surface area contributed by atoms with Gasteiger partial charge in [0.05, 0.1) is 0 Å². The first kappa shape index (κ1) is 19.5. The average molecular weight is 311 g/mol. The van der Waals surface area contributed by atoms with E-state index in [0.29, 0.717) is 0 Å². The third kappa shape index (κ3) is 4.96. The van der Waals surface area contributed by atoms with Crippen molar-refractivity contribution >= 4 is 11.1 Å². The van der Waals surface area contributed by atoms with Crippen molar-refractivity contribution in [1.82, 2.24) is 0 Å². The van der Waals surface area contributed by atoms with Crippen LogP contribution >= 0.6 is 0 Å². The van der Waals surface area contributed by atoms with Gasteiger partial charge in [-0.1, -0.05) is 70.6 Å². The van der Waals surface area contributed by atoms with E-state index < -0.39 is 0 Å². The zero-order valence-electron chi connectivity index (χ0n) is 16.4. The van der Waals surface area contributed by atoms with Gasteiger partial charge in [-0.3, -0.25) is 0 Å². The van der Waals surface area contributed by atoms with Gasteiger partial charge < -0.3 is 0 Å². The number of hydrogen-bond acceptors (Lipinski definition) is 0. The summed E-state index contributed by atoms with van der Waals surface area (Å²) >= 11 is 0. The van der Waals surface area contributed by atoms with Crippen molar-refractivity contribution in [1.29, 1.82) is 0 Å². The van der Waals surface area contributed by atoms with Crippen LogP contribution in [0.25, 0.3) is 11.1 Å². The quantitative estimate of drug-likeness (QED) is 0.493. The van der Waals surface area contributed by atoms with E-state index in [1.165, 1.54) is 39.0 Å². The Morgan fingerprint density at radius 1 is 1.00 bits per heavy atom. The topological polar surface area (TPSA) is 0 Å². The molecule has 0 saturated heterocycles. The first-order valence-electron chi connectivity index (χ1n) is 8.74. The Labute approximate surface area is 144 Å². The minimum absolute atomic E-state index is 0.226. The smallest absolute Gasteiger partial charge is 0.0173 e. The predicted molar refractivity (Wildman–Crippen MR) is 107 cm³/mol. The SMILES string of the molecule is C=C(CCC)c1ccc(/C(C)=C/C=C(\C)C(C)(C)C)c(C)c1C. The van der Waals surface area contributed by atoms with Gasteiger partial charge in [0, 0.05) is 0 Å². The van der Waals surface area contributed by atoms with Crippen LogP contribution in [0.2, 0.25) is 0 Å². The molecule has 0 atom stereocenters. The van der Waals surface area contributed by atoms with Gasteiger partial charge in [0.1, 0.15) is 0 Å². The van der Waals surface area contributed by atoms with Crippen molar-refractivity contribution in [2.24, 2.45) is 5.41 Å². The molecule has 23 heavy (non-hydrogen) atoms. The summed E-state index contributed by atoms with van der Waals surface area (Å²) in [6.45, 7) is 22.1. The third-order valence-corrected chi connectivity index (χ3v) is 4.91. The van der Waals surface area contributed by atoms with E-state index in [1.807, 2.05) is 0 Å². The molecule has 1 rings (SSSR count). The maximum absolute atomic E-state index is 4.25. The summed E-state index contributed by atoms with van der Waals surface area (Å²) in [5, 5.41) is 0. The highest BCUT2D eigenvalue weighted by molar-refractivity contribution is 5.74. The van der Waals surface area contributed by atoms with Crippen LogP contribution in [0.5, 0.6) is 0 Å². The predicted octanol–water partition coefficient (Wildman–Crippen LogP) is 7.51. The zero-order chi connectivity index (χ0) is 17.8.